The predicted octanol–water partition coefficient (Wildman–Crippen LogP) is 2.21. The number of hydrogen-bond donors (Lipinski definition) is 1. The Morgan fingerprint density at radius 1 is 1.25 bits per heavy atom. The number of ether oxygens (including phenoxy) is 2. The minimum absolute atomic E-state index is 0.236. The maximum atomic E-state index is 13.0. The number of anilines is 1. The lowest BCUT2D eigenvalue weighted by Gasteiger charge is -2.29. The van der Waals surface area contributed by atoms with E-state index in [0.717, 1.165) is 0 Å². The van der Waals surface area contributed by atoms with Crippen molar-refractivity contribution < 1.29 is 18.8 Å². The second-order valence-electron chi connectivity index (χ2n) is 9.10. The molecular weight excluding hydrogens is 432 g/mol. The van der Waals surface area contributed by atoms with Crippen LogP contribution in [0.3, 0.4) is 0 Å². The minimum atomic E-state index is -1.36. The Balaban J connectivity index is 2.13. The van der Waals surface area contributed by atoms with Crippen LogP contribution in [0.5, 0.6) is 0 Å². The number of carbonyl (C=O) groups is 1. The van der Waals surface area contributed by atoms with Crippen LogP contribution in [0.1, 0.15) is 63.5 Å². The zero-order valence-electron chi connectivity index (χ0n) is 19.5. The van der Waals surface area contributed by atoms with Gasteiger partial charge in [-0.3, -0.25) is 9.20 Å². The first kappa shape index (κ1) is 24.5. The van der Waals surface area contributed by atoms with Crippen LogP contribution in [0.25, 0.3) is 5.65 Å². The van der Waals surface area contributed by atoms with E-state index in [0.29, 0.717) is 43.3 Å². The average Bonchev–Trinajstić information content (AvgIpc) is 2.72. The molecule has 1 saturated heterocycles. The summed E-state index contributed by atoms with van der Waals surface area (Å²) < 4.78 is 27.4. The third-order valence-corrected chi connectivity index (χ3v) is 6.68. The summed E-state index contributed by atoms with van der Waals surface area (Å²) in [6, 6.07) is 2.68. The number of aromatic nitrogens is 2. The Bertz CT molecular complexity index is 1030. The molecule has 0 saturated carbocycles. The smallest absolute Gasteiger partial charge is 0.339 e. The van der Waals surface area contributed by atoms with Gasteiger partial charge in [-0.25, -0.2) is 9.78 Å². The predicted molar refractivity (Wildman–Crippen MR) is 124 cm³/mol. The average molecular weight is 465 g/mol. The van der Waals surface area contributed by atoms with Gasteiger partial charge in [0.25, 0.3) is 5.56 Å². The summed E-state index contributed by atoms with van der Waals surface area (Å²) in [6.07, 6.45) is 1.15. The highest BCUT2D eigenvalue weighted by Gasteiger charge is 2.30. The standard InChI is InChI=1S/C22H32N4O5S/c1-14(2)31-21(28)16-11-17(15(3)24-32(29)22(4,5)6)20-23-18(12-19(27)26(20)13-16)25-7-9-30-10-8-25/h11-15,24H,7-10H2,1-6H3/t15-,32?/m0/s1. The van der Waals surface area contributed by atoms with E-state index in [1.165, 1.54) is 16.7 Å². The van der Waals surface area contributed by atoms with Gasteiger partial charge in [0.05, 0.1) is 30.9 Å². The largest absolute Gasteiger partial charge is 0.598 e. The molecular formula is C22H32N4O5S. The molecule has 0 aliphatic carbocycles. The fraction of sp³-hybridized carbons (Fsp3) is 0.591. The fourth-order valence-corrected chi connectivity index (χ4v) is 4.09. The van der Waals surface area contributed by atoms with Gasteiger partial charge in [-0.1, -0.05) is 0 Å². The first-order chi connectivity index (χ1) is 15.0. The summed E-state index contributed by atoms with van der Waals surface area (Å²) in [5.74, 6) is 0.0256. The van der Waals surface area contributed by atoms with Crippen molar-refractivity contribution in [3.05, 3.63) is 39.8 Å². The van der Waals surface area contributed by atoms with E-state index >= 15 is 0 Å². The minimum Gasteiger partial charge on any atom is -0.598 e. The van der Waals surface area contributed by atoms with Gasteiger partial charge in [-0.2, -0.15) is 0 Å². The number of esters is 1. The van der Waals surface area contributed by atoms with Crippen molar-refractivity contribution in [1.82, 2.24) is 14.1 Å². The molecule has 3 heterocycles. The highest BCUT2D eigenvalue weighted by atomic mass is 32.2. The highest BCUT2D eigenvalue weighted by Crippen LogP contribution is 2.25. The van der Waals surface area contributed by atoms with Gasteiger partial charge < -0.3 is 18.9 Å². The molecule has 32 heavy (non-hydrogen) atoms. The molecule has 0 radical (unpaired) electrons. The van der Waals surface area contributed by atoms with E-state index in [-0.39, 0.29) is 17.2 Å². The normalized spacial score (nSPS) is 16.9. The van der Waals surface area contributed by atoms with Crippen LogP contribution in [-0.2, 0) is 20.8 Å². The highest BCUT2D eigenvalue weighted by molar-refractivity contribution is 7.90. The molecule has 9 nitrogen and oxygen atoms in total. The summed E-state index contributed by atoms with van der Waals surface area (Å²) in [6.45, 7) is 13.4. The summed E-state index contributed by atoms with van der Waals surface area (Å²) in [7, 11) is 0. The molecule has 3 rings (SSSR count). The Kier molecular flexibility index (Phi) is 7.49. The molecule has 0 aromatic carbocycles. The molecule has 10 heteroatoms. The van der Waals surface area contributed by atoms with Crippen LogP contribution >= 0.6 is 0 Å². The zero-order valence-corrected chi connectivity index (χ0v) is 20.3. The first-order valence-corrected chi connectivity index (χ1v) is 11.9. The molecule has 0 amide bonds. The van der Waals surface area contributed by atoms with Crippen LogP contribution in [0.2, 0.25) is 0 Å². The van der Waals surface area contributed by atoms with Crippen molar-refractivity contribution in [2.45, 2.75) is 58.4 Å². The van der Waals surface area contributed by atoms with Gasteiger partial charge in [0.15, 0.2) is 0 Å². The quantitative estimate of drug-likeness (QED) is 0.512. The summed E-state index contributed by atoms with van der Waals surface area (Å²) >= 11 is -1.36. The first-order valence-electron chi connectivity index (χ1n) is 10.8. The lowest BCUT2D eigenvalue weighted by atomic mass is 10.1. The van der Waals surface area contributed by atoms with Gasteiger partial charge in [0.1, 0.15) is 16.2 Å². The van der Waals surface area contributed by atoms with Crippen LogP contribution in [0, 0.1) is 0 Å². The number of nitrogens with one attached hydrogen (secondary N) is 1. The molecule has 2 aromatic heterocycles. The molecule has 1 aliphatic rings. The number of nitrogens with zero attached hydrogens (tertiary/aromatic N) is 3. The van der Waals surface area contributed by atoms with Crippen molar-refractivity contribution >= 4 is 28.8 Å². The second kappa shape index (κ2) is 9.78. The van der Waals surface area contributed by atoms with E-state index in [4.69, 9.17) is 14.5 Å². The SMILES string of the molecule is CC(C)OC(=O)c1cc([C@H](C)N[S+]([O-])C(C)(C)C)c2nc(N3CCOCC3)cc(=O)n2c1. The fourth-order valence-electron chi connectivity index (χ4n) is 3.28. The van der Waals surface area contributed by atoms with Crippen molar-refractivity contribution in [2.24, 2.45) is 0 Å². The van der Waals surface area contributed by atoms with Crippen molar-refractivity contribution in [1.29, 1.82) is 0 Å². The molecule has 1 fully saturated rings. The molecule has 1 N–H and O–H groups in total. The van der Waals surface area contributed by atoms with Gasteiger partial charge in [-0.15, -0.1) is 4.72 Å². The van der Waals surface area contributed by atoms with Gasteiger partial charge >= 0.3 is 5.97 Å². The molecule has 0 spiro atoms. The molecule has 176 valence electrons. The number of fused-ring (bicyclic) bond motifs is 1. The van der Waals surface area contributed by atoms with Crippen molar-refractivity contribution in [2.75, 3.05) is 31.2 Å². The second-order valence-corrected chi connectivity index (χ2v) is 11.1. The Labute approximate surface area is 191 Å². The maximum Gasteiger partial charge on any atom is 0.339 e. The summed E-state index contributed by atoms with van der Waals surface area (Å²) in [5, 5.41) is 0. The van der Waals surface area contributed by atoms with E-state index in [2.05, 4.69) is 4.72 Å². The van der Waals surface area contributed by atoms with Crippen LogP contribution in [0.4, 0.5) is 5.82 Å². The molecule has 1 aliphatic heterocycles. The van der Waals surface area contributed by atoms with E-state index in [1.54, 1.807) is 19.9 Å². The molecule has 0 bridgehead atoms. The van der Waals surface area contributed by atoms with Gasteiger partial charge in [0.2, 0.25) is 0 Å². The molecule has 2 atom stereocenters. The van der Waals surface area contributed by atoms with E-state index in [1.807, 2.05) is 32.6 Å². The Morgan fingerprint density at radius 3 is 2.50 bits per heavy atom. The lowest BCUT2D eigenvalue weighted by Crippen LogP contribution is -2.41. The third kappa shape index (κ3) is 5.61. The zero-order chi connectivity index (χ0) is 23.6. The number of pyridine rings is 1. The number of morpholine rings is 1. The van der Waals surface area contributed by atoms with Crippen molar-refractivity contribution in [3.8, 4) is 0 Å². The lowest BCUT2D eigenvalue weighted by molar-refractivity contribution is 0.0377. The molecule has 2 aromatic rings. The van der Waals surface area contributed by atoms with Crippen LogP contribution < -0.4 is 15.2 Å². The van der Waals surface area contributed by atoms with Crippen LogP contribution in [0.15, 0.2) is 23.1 Å². The monoisotopic (exact) mass is 464 g/mol. The number of carbonyl (C=O) groups excluding carboxylic acids is 1. The third-order valence-electron chi connectivity index (χ3n) is 5.00. The molecule has 1 unspecified atom stereocenters. The van der Waals surface area contributed by atoms with E-state index in [9.17, 15) is 14.1 Å². The topological polar surface area (TPSA) is 108 Å². The Hall–Kier alpha value is -2.14. The summed E-state index contributed by atoms with van der Waals surface area (Å²) in [4.78, 5) is 32.4. The summed E-state index contributed by atoms with van der Waals surface area (Å²) in [5.41, 5.74) is 0.930. The number of hydrogen-bond acceptors (Lipinski definition) is 8. The van der Waals surface area contributed by atoms with Gasteiger partial charge in [-0.05, 0) is 47.6 Å². The Morgan fingerprint density at radius 2 is 1.91 bits per heavy atom. The van der Waals surface area contributed by atoms with Gasteiger partial charge in [0, 0.05) is 42.3 Å². The maximum absolute atomic E-state index is 13.0. The van der Waals surface area contributed by atoms with Crippen molar-refractivity contribution in [3.63, 3.8) is 0 Å². The van der Waals surface area contributed by atoms with E-state index < -0.39 is 28.1 Å². The number of rotatable bonds is 6. The van der Waals surface area contributed by atoms with Crippen LogP contribution in [-0.4, -0.2) is 57.1 Å².